The van der Waals surface area contributed by atoms with E-state index in [2.05, 4.69) is 20.4 Å². The predicted molar refractivity (Wildman–Crippen MR) is 119 cm³/mol. The standard InChI is InChI=1S/C17H30O5.3C2H6/c1-6-17(10-19-12-20-11-17)9-15(5)21-8-7-14(4)22-16(18)13(2)3;3*1-2/h14-15H,2,6-12H2,1,3-5H3;3*1-2H3. The second-order valence-electron chi connectivity index (χ2n) is 6.34. The molecule has 2 unspecified atom stereocenters. The highest BCUT2D eigenvalue weighted by atomic mass is 16.7. The van der Waals surface area contributed by atoms with E-state index in [1.54, 1.807) is 6.92 Å². The number of carbonyl (C=O) groups is 1. The minimum atomic E-state index is -0.345. The van der Waals surface area contributed by atoms with Crippen molar-refractivity contribution in [2.24, 2.45) is 5.41 Å². The van der Waals surface area contributed by atoms with Crippen molar-refractivity contribution in [3.05, 3.63) is 12.2 Å². The van der Waals surface area contributed by atoms with Crippen molar-refractivity contribution >= 4 is 5.97 Å². The van der Waals surface area contributed by atoms with Gasteiger partial charge in [-0.3, -0.25) is 0 Å². The first-order valence-electron chi connectivity index (χ1n) is 11.0. The molecular weight excluding hydrogens is 356 g/mol. The lowest BCUT2D eigenvalue weighted by Gasteiger charge is -2.37. The van der Waals surface area contributed by atoms with E-state index in [4.69, 9.17) is 18.9 Å². The molecule has 0 aliphatic carbocycles. The second kappa shape index (κ2) is 20.8. The van der Waals surface area contributed by atoms with Gasteiger partial charge >= 0.3 is 5.97 Å². The minimum Gasteiger partial charge on any atom is -0.459 e. The average molecular weight is 405 g/mol. The Labute approximate surface area is 175 Å². The molecule has 0 amide bonds. The third-order valence-corrected chi connectivity index (χ3v) is 4.04. The van der Waals surface area contributed by atoms with Crippen LogP contribution in [-0.2, 0) is 23.7 Å². The van der Waals surface area contributed by atoms with E-state index >= 15 is 0 Å². The van der Waals surface area contributed by atoms with Gasteiger partial charge in [-0.05, 0) is 33.6 Å². The molecule has 0 saturated carbocycles. The first-order chi connectivity index (χ1) is 13.4. The number of carbonyl (C=O) groups excluding carboxylic acids is 1. The van der Waals surface area contributed by atoms with Crippen LogP contribution >= 0.6 is 0 Å². The van der Waals surface area contributed by atoms with E-state index in [9.17, 15) is 4.79 Å². The Balaban J connectivity index is -0.000000946. The van der Waals surface area contributed by atoms with Crippen LogP contribution in [0.5, 0.6) is 0 Å². The molecule has 1 aliphatic heterocycles. The maximum absolute atomic E-state index is 11.4. The minimum absolute atomic E-state index is 0.0513. The molecule has 0 N–H and O–H groups in total. The summed E-state index contributed by atoms with van der Waals surface area (Å²) < 4.78 is 22.0. The number of hydrogen-bond donors (Lipinski definition) is 0. The summed E-state index contributed by atoms with van der Waals surface area (Å²) in [5.74, 6) is -0.345. The normalized spacial score (nSPS) is 16.5. The van der Waals surface area contributed by atoms with Gasteiger partial charge in [0.25, 0.3) is 0 Å². The topological polar surface area (TPSA) is 54.0 Å². The zero-order valence-electron chi connectivity index (χ0n) is 20.4. The fraction of sp³-hybridized carbons (Fsp3) is 0.870. The summed E-state index contributed by atoms with van der Waals surface area (Å²) in [6, 6.07) is 0. The van der Waals surface area contributed by atoms with E-state index in [0.29, 0.717) is 25.4 Å². The molecule has 28 heavy (non-hydrogen) atoms. The van der Waals surface area contributed by atoms with E-state index < -0.39 is 0 Å². The molecule has 0 spiro atoms. The fourth-order valence-corrected chi connectivity index (χ4v) is 2.53. The maximum atomic E-state index is 11.4. The molecule has 0 aromatic heterocycles. The van der Waals surface area contributed by atoms with E-state index in [1.807, 2.05) is 48.5 Å². The first kappa shape index (κ1) is 31.8. The van der Waals surface area contributed by atoms with Crippen LogP contribution in [0.2, 0.25) is 0 Å². The summed E-state index contributed by atoms with van der Waals surface area (Å²) >= 11 is 0. The van der Waals surface area contributed by atoms with Crippen molar-refractivity contribution in [2.75, 3.05) is 26.6 Å². The van der Waals surface area contributed by atoms with Gasteiger partial charge in [0.2, 0.25) is 0 Å². The van der Waals surface area contributed by atoms with Crippen LogP contribution < -0.4 is 0 Å². The number of esters is 1. The highest BCUT2D eigenvalue weighted by Crippen LogP contribution is 2.32. The van der Waals surface area contributed by atoms with E-state index in [0.717, 1.165) is 26.1 Å². The molecule has 170 valence electrons. The molecule has 5 heteroatoms. The van der Waals surface area contributed by atoms with Gasteiger partial charge in [0.15, 0.2) is 0 Å². The predicted octanol–water partition coefficient (Wildman–Crippen LogP) is 6.16. The Kier molecular flexibility index (Phi) is 23.6. The lowest BCUT2D eigenvalue weighted by Crippen LogP contribution is -2.39. The molecule has 0 bridgehead atoms. The summed E-state index contributed by atoms with van der Waals surface area (Å²) in [5.41, 5.74) is 0.471. The summed E-state index contributed by atoms with van der Waals surface area (Å²) in [6.07, 6.45) is 2.54. The van der Waals surface area contributed by atoms with Gasteiger partial charge in [0.1, 0.15) is 12.9 Å². The van der Waals surface area contributed by atoms with Crippen LogP contribution in [-0.4, -0.2) is 44.8 Å². The van der Waals surface area contributed by atoms with Crippen LogP contribution in [0.25, 0.3) is 0 Å². The zero-order chi connectivity index (χ0) is 22.6. The molecule has 0 radical (unpaired) electrons. The largest absolute Gasteiger partial charge is 0.459 e. The van der Waals surface area contributed by atoms with Gasteiger partial charge in [-0.25, -0.2) is 4.79 Å². The SMILES string of the molecule is C=C(C)C(=O)OC(C)CCOC(C)CC1(CC)COCOC1.CC.CC.CC. The van der Waals surface area contributed by atoms with Crippen LogP contribution in [0, 0.1) is 5.41 Å². The molecule has 1 fully saturated rings. The zero-order valence-corrected chi connectivity index (χ0v) is 20.4. The molecule has 0 aromatic carbocycles. The molecule has 5 nitrogen and oxygen atoms in total. The molecular formula is C23H48O5. The Morgan fingerprint density at radius 2 is 1.54 bits per heavy atom. The van der Waals surface area contributed by atoms with Crippen LogP contribution in [0.3, 0.4) is 0 Å². The number of rotatable bonds is 9. The van der Waals surface area contributed by atoms with Crippen molar-refractivity contribution < 1.29 is 23.7 Å². The summed E-state index contributed by atoms with van der Waals surface area (Å²) in [7, 11) is 0. The highest BCUT2D eigenvalue weighted by Gasteiger charge is 2.33. The third kappa shape index (κ3) is 15.1. The van der Waals surface area contributed by atoms with Gasteiger partial charge in [-0.2, -0.15) is 0 Å². The number of ether oxygens (including phenoxy) is 4. The monoisotopic (exact) mass is 404 g/mol. The molecule has 1 saturated heterocycles. The Morgan fingerprint density at radius 1 is 1.04 bits per heavy atom. The molecule has 2 atom stereocenters. The maximum Gasteiger partial charge on any atom is 0.333 e. The lowest BCUT2D eigenvalue weighted by molar-refractivity contribution is -0.176. The molecule has 0 aromatic rings. The van der Waals surface area contributed by atoms with Crippen LogP contribution in [0.15, 0.2) is 12.2 Å². The van der Waals surface area contributed by atoms with E-state index in [1.165, 1.54) is 0 Å². The van der Waals surface area contributed by atoms with Gasteiger partial charge in [-0.15, -0.1) is 0 Å². The fourth-order valence-electron chi connectivity index (χ4n) is 2.53. The van der Waals surface area contributed by atoms with Crippen molar-refractivity contribution in [3.8, 4) is 0 Å². The molecule has 1 aliphatic rings. The van der Waals surface area contributed by atoms with E-state index in [-0.39, 0.29) is 23.6 Å². The van der Waals surface area contributed by atoms with Crippen molar-refractivity contribution in [3.63, 3.8) is 0 Å². The molecule has 1 rings (SSSR count). The average Bonchev–Trinajstić information content (AvgIpc) is 2.73. The third-order valence-electron chi connectivity index (χ3n) is 4.04. The smallest absolute Gasteiger partial charge is 0.333 e. The summed E-state index contributed by atoms with van der Waals surface area (Å²) in [6.45, 7) is 25.7. The first-order valence-corrected chi connectivity index (χ1v) is 11.0. The summed E-state index contributed by atoms with van der Waals surface area (Å²) in [4.78, 5) is 11.4. The Morgan fingerprint density at radius 3 is 1.96 bits per heavy atom. The van der Waals surface area contributed by atoms with Gasteiger partial charge in [0.05, 0.1) is 25.9 Å². The van der Waals surface area contributed by atoms with Crippen molar-refractivity contribution in [2.45, 2.75) is 101 Å². The molecule has 1 heterocycles. The lowest BCUT2D eigenvalue weighted by atomic mass is 9.81. The summed E-state index contributed by atoms with van der Waals surface area (Å²) in [5, 5.41) is 0. The number of hydrogen-bond acceptors (Lipinski definition) is 5. The second-order valence-corrected chi connectivity index (χ2v) is 6.34. The Hall–Kier alpha value is -0.910. The van der Waals surface area contributed by atoms with Gasteiger partial charge < -0.3 is 18.9 Å². The van der Waals surface area contributed by atoms with Crippen LogP contribution in [0.1, 0.15) is 88.5 Å². The van der Waals surface area contributed by atoms with Gasteiger partial charge in [-0.1, -0.05) is 55.0 Å². The Bertz CT molecular complexity index is 362. The highest BCUT2D eigenvalue weighted by molar-refractivity contribution is 5.87. The van der Waals surface area contributed by atoms with Crippen molar-refractivity contribution in [1.82, 2.24) is 0 Å². The quantitative estimate of drug-likeness (QED) is 0.340. The van der Waals surface area contributed by atoms with Crippen molar-refractivity contribution in [1.29, 1.82) is 0 Å². The van der Waals surface area contributed by atoms with Crippen LogP contribution in [0.4, 0.5) is 0 Å². The van der Waals surface area contributed by atoms with Gasteiger partial charge in [0, 0.05) is 17.4 Å².